The minimum absolute atomic E-state index is 0.0582. The van der Waals surface area contributed by atoms with Gasteiger partial charge in [-0.25, -0.2) is 0 Å². The van der Waals surface area contributed by atoms with Crippen LogP contribution in [0.1, 0.15) is 37.4 Å². The second-order valence-corrected chi connectivity index (χ2v) is 7.09. The van der Waals surface area contributed by atoms with Gasteiger partial charge >= 0.3 is 0 Å². The third-order valence-electron chi connectivity index (χ3n) is 4.01. The van der Waals surface area contributed by atoms with E-state index in [1.165, 1.54) is 11.3 Å². The Morgan fingerprint density at radius 1 is 1.50 bits per heavy atom. The summed E-state index contributed by atoms with van der Waals surface area (Å²) < 4.78 is 0.943. The van der Waals surface area contributed by atoms with Crippen LogP contribution in [0.2, 0.25) is 0 Å². The van der Waals surface area contributed by atoms with Crippen LogP contribution >= 0.6 is 11.3 Å². The molecular formula is C15H21N3OS. The number of aromatic nitrogens is 1. The Hall–Kier alpha value is -1.62. The Labute approximate surface area is 123 Å². The highest BCUT2D eigenvalue weighted by Gasteiger charge is 2.24. The predicted octanol–water partition coefficient (Wildman–Crippen LogP) is 3.29. The molecule has 4 nitrogen and oxygen atoms in total. The summed E-state index contributed by atoms with van der Waals surface area (Å²) in [6, 6.07) is 1.84. The number of thiophene rings is 1. The van der Waals surface area contributed by atoms with Crippen molar-refractivity contribution in [3.8, 4) is 0 Å². The number of amides is 1. The summed E-state index contributed by atoms with van der Waals surface area (Å²) in [4.78, 5) is 16.9. The molecule has 5 heteroatoms. The van der Waals surface area contributed by atoms with Crippen molar-refractivity contribution in [1.82, 2.24) is 10.3 Å². The van der Waals surface area contributed by atoms with Crippen LogP contribution in [-0.2, 0) is 0 Å². The number of nitrogens with one attached hydrogen (secondary N) is 1. The molecular weight excluding hydrogens is 270 g/mol. The zero-order valence-electron chi connectivity index (χ0n) is 12.4. The first-order valence-electron chi connectivity index (χ1n) is 6.73. The van der Waals surface area contributed by atoms with Gasteiger partial charge in [-0.3, -0.25) is 9.78 Å². The molecule has 0 aromatic carbocycles. The molecule has 20 heavy (non-hydrogen) atoms. The highest BCUT2D eigenvalue weighted by atomic mass is 32.1. The molecule has 0 unspecified atom stereocenters. The summed E-state index contributed by atoms with van der Waals surface area (Å²) in [5, 5.41) is 3.89. The van der Waals surface area contributed by atoms with Gasteiger partial charge in [0.2, 0.25) is 0 Å². The monoisotopic (exact) mass is 291 g/mol. The van der Waals surface area contributed by atoms with Gasteiger partial charge in [0.15, 0.2) is 0 Å². The Balaban J connectivity index is 2.18. The van der Waals surface area contributed by atoms with Gasteiger partial charge in [0.05, 0.1) is 10.4 Å². The lowest BCUT2D eigenvalue weighted by molar-refractivity contribution is 0.0930. The molecule has 2 rings (SSSR count). The van der Waals surface area contributed by atoms with Gasteiger partial charge in [0, 0.05) is 24.3 Å². The third-order valence-corrected chi connectivity index (χ3v) is 5.16. The van der Waals surface area contributed by atoms with E-state index in [0.717, 1.165) is 10.1 Å². The molecule has 0 aliphatic carbocycles. The van der Waals surface area contributed by atoms with Crippen LogP contribution in [0.25, 0.3) is 10.1 Å². The maximum Gasteiger partial charge on any atom is 0.263 e. The third kappa shape index (κ3) is 2.77. The van der Waals surface area contributed by atoms with Crippen molar-refractivity contribution >= 4 is 33.0 Å². The van der Waals surface area contributed by atoms with Gasteiger partial charge in [-0.2, -0.15) is 0 Å². The average molecular weight is 291 g/mol. The lowest BCUT2D eigenvalue weighted by atomic mass is 9.81. The largest absolute Gasteiger partial charge is 0.397 e. The van der Waals surface area contributed by atoms with Crippen LogP contribution in [0.3, 0.4) is 0 Å². The Bertz CT molecular complexity index is 631. The number of hydrogen-bond donors (Lipinski definition) is 2. The molecule has 0 aliphatic heterocycles. The first kappa shape index (κ1) is 14.8. The van der Waals surface area contributed by atoms with Gasteiger partial charge < -0.3 is 11.1 Å². The molecule has 108 valence electrons. The van der Waals surface area contributed by atoms with Crippen molar-refractivity contribution in [2.45, 2.75) is 27.7 Å². The lowest BCUT2D eigenvalue weighted by Gasteiger charge is -2.29. The highest BCUT2D eigenvalue weighted by molar-refractivity contribution is 7.21. The minimum atomic E-state index is -0.0996. The van der Waals surface area contributed by atoms with Crippen molar-refractivity contribution in [2.24, 2.45) is 11.3 Å². The second-order valence-electron chi connectivity index (χ2n) is 6.04. The smallest absolute Gasteiger partial charge is 0.263 e. The molecule has 0 atom stereocenters. The Kier molecular flexibility index (Phi) is 3.99. The van der Waals surface area contributed by atoms with E-state index in [2.05, 4.69) is 38.0 Å². The van der Waals surface area contributed by atoms with Gasteiger partial charge in [-0.15, -0.1) is 11.3 Å². The lowest BCUT2D eigenvalue weighted by Crippen LogP contribution is -2.36. The van der Waals surface area contributed by atoms with Crippen molar-refractivity contribution in [3.63, 3.8) is 0 Å². The van der Waals surface area contributed by atoms with Crippen molar-refractivity contribution in [2.75, 3.05) is 12.3 Å². The fraction of sp³-hybridized carbons (Fsp3) is 0.467. The molecule has 3 N–H and O–H groups in total. The topological polar surface area (TPSA) is 68.0 Å². The van der Waals surface area contributed by atoms with Gasteiger partial charge in [0.25, 0.3) is 5.91 Å². The SMILES string of the molecule is CC(C)C(C)(C)CNC(=O)c1sc2cnccc2c1N. The van der Waals surface area contributed by atoms with Gasteiger partial charge in [-0.05, 0) is 17.4 Å². The summed E-state index contributed by atoms with van der Waals surface area (Å²) in [6.07, 6.45) is 3.43. The fourth-order valence-electron chi connectivity index (χ4n) is 1.73. The average Bonchev–Trinajstić information content (AvgIpc) is 2.74. The summed E-state index contributed by atoms with van der Waals surface area (Å²) in [6.45, 7) is 9.25. The number of hydrogen-bond acceptors (Lipinski definition) is 4. The Morgan fingerprint density at radius 2 is 2.20 bits per heavy atom. The maximum atomic E-state index is 12.3. The van der Waals surface area contributed by atoms with Crippen LogP contribution in [0.5, 0.6) is 0 Å². The number of carbonyl (C=O) groups is 1. The summed E-state index contributed by atoms with van der Waals surface area (Å²) >= 11 is 1.39. The Morgan fingerprint density at radius 3 is 2.80 bits per heavy atom. The summed E-state index contributed by atoms with van der Waals surface area (Å²) in [5.41, 5.74) is 6.67. The summed E-state index contributed by atoms with van der Waals surface area (Å²) in [7, 11) is 0. The maximum absolute atomic E-state index is 12.3. The molecule has 2 aromatic heterocycles. The zero-order valence-corrected chi connectivity index (χ0v) is 13.2. The minimum Gasteiger partial charge on any atom is -0.397 e. The van der Waals surface area contributed by atoms with Crippen molar-refractivity contribution in [3.05, 3.63) is 23.3 Å². The molecule has 0 bridgehead atoms. The van der Waals surface area contributed by atoms with E-state index in [1.54, 1.807) is 12.4 Å². The van der Waals surface area contributed by atoms with E-state index in [1.807, 2.05) is 6.07 Å². The van der Waals surface area contributed by atoms with Crippen molar-refractivity contribution < 1.29 is 4.79 Å². The van der Waals surface area contributed by atoms with E-state index in [0.29, 0.717) is 23.0 Å². The molecule has 0 spiro atoms. The van der Waals surface area contributed by atoms with E-state index in [9.17, 15) is 4.79 Å². The van der Waals surface area contributed by atoms with E-state index < -0.39 is 0 Å². The van der Waals surface area contributed by atoms with Crippen LogP contribution < -0.4 is 11.1 Å². The summed E-state index contributed by atoms with van der Waals surface area (Å²) in [5.74, 6) is 0.393. The molecule has 0 aliphatic rings. The first-order valence-corrected chi connectivity index (χ1v) is 7.55. The number of anilines is 1. The number of pyridine rings is 1. The fourth-order valence-corrected chi connectivity index (χ4v) is 2.74. The predicted molar refractivity (Wildman–Crippen MR) is 85.0 cm³/mol. The number of rotatable bonds is 4. The number of nitrogen functional groups attached to an aromatic ring is 1. The standard InChI is InChI=1S/C15H21N3OS/c1-9(2)15(3,4)8-18-14(19)13-12(16)10-5-6-17-7-11(10)20-13/h5-7,9H,8,16H2,1-4H3,(H,18,19). The second kappa shape index (κ2) is 5.40. The van der Waals surface area contributed by atoms with Crippen LogP contribution in [0.4, 0.5) is 5.69 Å². The first-order chi connectivity index (χ1) is 9.33. The molecule has 0 radical (unpaired) electrons. The van der Waals surface area contributed by atoms with Gasteiger partial charge in [-0.1, -0.05) is 27.7 Å². The number of fused-ring (bicyclic) bond motifs is 1. The van der Waals surface area contributed by atoms with Crippen LogP contribution in [0, 0.1) is 11.3 Å². The molecule has 0 fully saturated rings. The van der Waals surface area contributed by atoms with E-state index in [-0.39, 0.29) is 11.3 Å². The number of nitrogens with two attached hydrogens (primary N) is 1. The van der Waals surface area contributed by atoms with Crippen LogP contribution in [0.15, 0.2) is 18.5 Å². The van der Waals surface area contributed by atoms with Crippen molar-refractivity contribution in [1.29, 1.82) is 0 Å². The number of nitrogens with zero attached hydrogens (tertiary/aromatic N) is 1. The zero-order chi connectivity index (χ0) is 14.9. The molecule has 1 amide bonds. The molecule has 0 saturated carbocycles. The molecule has 0 saturated heterocycles. The van der Waals surface area contributed by atoms with Crippen LogP contribution in [-0.4, -0.2) is 17.4 Å². The highest BCUT2D eigenvalue weighted by Crippen LogP contribution is 2.33. The van der Waals surface area contributed by atoms with E-state index >= 15 is 0 Å². The molecule has 2 aromatic rings. The normalized spacial score (nSPS) is 12.1. The number of carbonyl (C=O) groups excluding carboxylic acids is 1. The molecule has 2 heterocycles. The van der Waals surface area contributed by atoms with E-state index in [4.69, 9.17) is 5.73 Å². The quantitative estimate of drug-likeness (QED) is 0.908. The van der Waals surface area contributed by atoms with Gasteiger partial charge in [0.1, 0.15) is 4.88 Å².